The third kappa shape index (κ3) is 2.39. The Morgan fingerprint density at radius 3 is 2.66 bits per heavy atom. The Morgan fingerprint density at radius 2 is 1.76 bits per heavy atom. The van der Waals surface area contributed by atoms with Gasteiger partial charge in [0.15, 0.2) is 0 Å². The first kappa shape index (κ1) is 18.0. The van der Waals surface area contributed by atoms with Crippen molar-refractivity contribution in [3.05, 3.63) is 54.3 Å². The number of aromatic nitrogens is 1. The number of rotatable bonds is 1. The smallest absolute Gasteiger partial charge is 0.0577 e. The van der Waals surface area contributed by atoms with Gasteiger partial charge in [0.2, 0.25) is 0 Å². The molecule has 1 aromatic carbocycles. The quantitative estimate of drug-likeness (QED) is 0.562. The van der Waals surface area contributed by atoms with Crippen molar-refractivity contribution in [3.63, 3.8) is 0 Å². The van der Waals surface area contributed by atoms with Gasteiger partial charge >= 0.3 is 0 Å². The SMILES string of the molecule is C[C@]12CC[C@@H](O)CC1=CCC1C2CC[C@]2(C)C(n3ccc4ccccc43)=CCC12. The van der Waals surface area contributed by atoms with Crippen LogP contribution in [0.15, 0.2) is 54.3 Å². The van der Waals surface area contributed by atoms with Crippen molar-refractivity contribution in [1.82, 2.24) is 4.57 Å². The zero-order valence-electron chi connectivity index (χ0n) is 17.8. The molecule has 0 spiro atoms. The fraction of sp³-hybridized carbons (Fsp3) is 0.556. The number of aliphatic hydroxyl groups excluding tert-OH is 1. The predicted octanol–water partition coefficient (Wildman–Crippen LogP) is 6.42. The molecule has 0 saturated heterocycles. The number of benzene rings is 1. The highest BCUT2D eigenvalue weighted by Gasteiger charge is 2.57. The highest BCUT2D eigenvalue weighted by Crippen LogP contribution is 2.65. The predicted molar refractivity (Wildman–Crippen MR) is 119 cm³/mol. The lowest BCUT2D eigenvalue weighted by Gasteiger charge is -2.57. The molecule has 2 heteroatoms. The Hall–Kier alpha value is -1.80. The Balaban J connectivity index is 1.36. The highest BCUT2D eigenvalue weighted by molar-refractivity contribution is 5.84. The molecule has 6 atom stereocenters. The molecule has 2 nitrogen and oxygen atoms in total. The van der Waals surface area contributed by atoms with Gasteiger partial charge in [0.05, 0.1) is 11.6 Å². The lowest BCUT2D eigenvalue weighted by Crippen LogP contribution is -2.50. The zero-order chi connectivity index (χ0) is 19.8. The summed E-state index contributed by atoms with van der Waals surface area (Å²) in [5.41, 5.74) is 5.07. The fourth-order valence-electron chi connectivity index (χ4n) is 7.85. The highest BCUT2D eigenvalue weighted by atomic mass is 16.3. The first-order valence-electron chi connectivity index (χ1n) is 11.7. The van der Waals surface area contributed by atoms with Gasteiger partial charge in [-0.1, -0.05) is 49.8 Å². The fourth-order valence-corrected chi connectivity index (χ4v) is 7.85. The van der Waals surface area contributed by atoms with E-state index in [2.05, 4.69) is 67.1 Å². The summed E-state index contributed by atoms with van der Waals surface area (Å²) in [6.45, 7) is 5.07. The van der Waals surface area contributed by atoms with Crippen LogP contribution in [0.2, 0.25) is 0 Å². The van der Waals surface area contributed by atoms with Crippen LogP contribution in [0.4, 0.5) is 0 Å². The van der Waals surface area contributed by atoms with E-state index in [1.807, 2.05) is 0 Å². The molecule has 2 fully saturated rings. The Labute approximate surface area is 174 Å². The van der Waals surface area contributed by atoms with Gasteiger partial charge in [-0.3, -0.25) is 0 Å². The number of aliphatic hydroxyl groups is 1. The third-order valence-corrected chi connectivity index (χ3v) is 9.48. The molecule has 1 N–H and O–H groups in total. The van der Waals surface area contributed by atoms with Crippen LogP contribution in [-0.2, 0) is 0 Å². The van der Waals surface area contributed by atoms with Crippen LogP contribution in [0.25, 0.3) is 16.6 Å². The molecule has 1 heterocycles. The second kappa shape index (κ2) is 6.11. The van der Waals surface area contributed by atoms with E-state index in [1.165, 1.54) is 43.0 Å². The Kier molecular flexibility index (Phi) is 3.79. The van der Waals surface area contributed by atoms with Gasteiger partial charge in [-0.05, 0) is 85.6 Å². The molecule has 29 heavy (non-hydrogen) atoms. The van der Waals surface area contributed by atoms with E-state index in [0.717, 1.165) is 30.6 Å². The largest absolute Gasteiger partial charge is 0.393 e. The number of hydrogen-bond donors (Lipinski definition) is 1. The molecule has 0 aliphatic heterocycles. The van der Waals surface area contributed by atoms with E-state index in [0.29, 0.717) is 5.41 Å². The standard InChI is InChI=1S/C27H33NO/c1-26-14-11-20(29)17-19(26)7-8-21-22-9-10-25(27(22,2)15-12-23(21)26)28-16-13-18-5-3-4-6-24(18)28/h3-7,10,13,16,20-23,29H,8-9,11-12,14-15,17H2,1-2H3/t20-,21?,22?,23?,26+,27+/m1/s1. The van der Waals surface area contributed by atoms with Crippen molar-refractivity contribution < 1.29 is 5.11 Å². The van der Waals surface area contributed by atoms with Crippen molar-refractivity contribution in [1.29, 1.82) is 0 Å². The Morgan fingerprint density at radius 1 is 0.931 bits per heavy atom. The minimum Gasteiger partial charge on any atom is -0.393 e. The normalized spacial score (nSPS) is 41.3. The average Bonchev–Trinajstić information content (AvgIpc) is 3.29. The summed E-state index contributed by atoms with van der Waals surface area (Å²) in [6.07, 6.45) is 15.4. The maximum Gasteiger partial charge on any atom is 0.0577 e. The van der Waals surface area contributed by atoms with Crippen LogP contribution in [0.3, 0.4) is 0 Å². The van der Waals surface area contributed by atoms with Crippen molar-refractivity contribution in [3.8, 4) is 0 Å². The molecule has 2 saturated carbocycles. The van der Waals surface area contributed by atoms with Gasteiger partial charge < -0.3 is 9.67 Å². The molecule has 4 aliphatic carbocycles. The van der Waals surface area contributed by atoms with Crippen molar-refractivity contribution in [2.24, 2.45) is 28.6 Å². The number of allylic oxidation sites excluding steroid dienone is 3. The van der Waals surface area contributed by atoms with Gasteiger partial charge in [0, 0.05) is 17.3 Å². The molecule has 4 aliphatic rings. The zero-order valence-corrected chi connectivity index (χ0v) is 17.8. The molecule has 1 aromatic heterocycles. The van der Waals surface area contributed by atoms with E-state index in [1.54, 1.807) is 11.3 Å². The number of para-hydroxylation sites is 1. The summed E-state index contributed by atoms with van der Waals surface area (Å²) in [6, 6.07) is 11.1. The van der Waals surface area contributed by atoms with Gasteiger partial charge in [0.1, 0.15) is 0 Å². The summed E-state index contributed by atoms with van der Waals surface area (Å²) in [4.78, 5) is 0. The van der Waals surface area contributed by atoms with Gasteiger partial charge in [-0.15, -0.1) is 0 Å². The van der Waals surface area contributed by atoms with E-state index in [4.69, 9.17) is 0 Å². The van der Waals surface area contributed by atoms with E-state index in [9.17, 15) is 5.11 Å². The molecule has 3 unspecified atom stereocenters. The second-order valence-electron chi connectivity index (χ2n) is 10.7. The first-order chi connectivity index (χ1) is 14.0. The van der Waals surface area contributed by atoms with Crippen LogP contribution in [0.5, 0.6) is 0 Å². The van der Waals surface area contributed by atoms with Crippen LogP contribution in [0, 0.1) is 28.6 Å². The third-order valence-electron chi connectivity index (χ3n) is 9.48. The minimum atomic E-state index is -0.110. The van der Waals surface area contributed by atoms with Crippen molar-refractivity contribution in [2.45, 2.75) is 64.9 Å². The summed E-state index contributed by atoms with van der Waals surface area (Å²) >= 11 is 0. The topological polar surface area (TPSA) is 25.2 Å². The lowest BCUT2D eigenvalue weighted by molar-refractivity contribution is -0.0248. The van der Waals surface area contributed by atoms with E-state index >= 15 is 0 Å². The van der Waals surface area contributed by atoms with Crippen LogP contribution < -0.4 is 0 Å². The van der Waals surface area contributed by atoms with Crippen molar-refractivity contribution >= 4 is 16.6 Å². The van der Waals surface area contributed by atoms with Gasteiger partial charge in [-0.25, -0.2) is 0 Å². The van der Waals surface area contributed by atoms with Crippen LogP contribution in [-0.4, -0.2) is 15.8 Å². The second-order valence-corrected chi connectivity index (χ2v) is 10.7. The van der Waals surface area contributed by atoms with Crippen LogP contribution >= 0.6 is 0 Å². The lowest BCUT2D eigenvalue weighted by atomic mass is 9.48. The summed E-state index contributed by atoms with van der Waals surface area (Å²) < 4.78 is 2.48. The Bertz CT molecular complexity index is 1030. The van der Waals surface area contributed by atoms with Crippen molar-refractivity contribution in [2.75, 3.05) is 0 Å². The summed E-state index contributed by atoms with van der Waals surface area (Å²) in [5, 5.41) is 11.6. The summed E-state index contributed by atoms with van der Waals surface area (Å²) in [5.74, 6) is 2.33. The molecule has 6 rings (SSSR count). The number of fused-ring (bicyclic) bond motifs is 6. The average molecular weight is 388 g/mol. The first-order valence-corrected chi connectivity index (χ1v) is 11.7. The molecule has 2 aromatic rings. The monoisotopic (exact) mass is 387 g/mol. The summed E-state index contributed by atoms with van der Waals surface area (Å²) in [7, 11) is 0. The van der Waals surface area contributed by atoms with Gasteiger partial charge in [-0.2, -0.15) is 0 Å². The van der Waals surface area contributed by atoms with E-state index in [-0.39, 0.29) is 11.5 Å². The molecule has 152 valence electrons. The maximum absolute atomic E-state index is 10.2. The molecule has 0 amide bonds. The molecular weight excluding hydrogens is 354 g/mol. The van der Waals surface area contributed by atoms with E-state index < -0.39 is 0 Å². The maximum atomic E-state index is 10.2. The minimum absolute atomic E-state index is 0.110. The number of hydrogen-bond acceptors (Lipinski definition) is 1. The molecular formula is C27H33NO. The molecule has 0 radical (unpaired) electrons. The molecule has 0 bridgehead atoms. The number of nitrogens with zero attached hydrogens (tertiary/aromatic N) is 1. The van der Waals surface area contributed by atoms with Crippen LogP contribution in [0.1, 0.15) is 58.8 Å². The van der Waals surface area contributed by atoms with Gasteiger partial charge in [0.25, 0.3) is 0 Å².